The highest BCUT2D eigenvalue weighted by Crippen LogP contribution is 2.16. The van der Waals surface area contributed by atoms with Crippen LogP contribution < -0.4 is 0 Å². The number of hydrogen-bond acceptors (Lipinski definition) is 5. The second-order valence-corrected chi connectivity index (χ2v) is 5.77. The second-order valence-electron chi connectivity index (χ2n) is 5.77. The molecule has 0 aliphatic carbocycles. The van der Waals surface area contributed by atoms with Gasteiger partial charge in [0.25, 0.3) is 0 Å². The lowest BCUT2D eigenvalue weighted by Crippen LogP contribution is -2.46. The van der Waals surface area contributed by atoms with Crippen LogP contribution in [0.2, 0.25) is 0 Å². The number of hydrogen-bond donors (Lipinski definition) is 1. The SMILES string of the molecule is Cc1noc(C)c1CN1CCN(CCCCC(=O)O)CC1. The second kappa shape index (κ2) is 7.56. The Bertz CT molecular complexity index is 445. The maximum Gasteiger partial charge on any atom is 0.303 e. The summed E-state index contributed by atoms with van der Waals surface area (Å²) in [6, 6.07) is 0. The molecule has 0 amide bonds. The topological polar surface area (TPSA) is 69.8 Å². The van der Waals surface area contributed by atoms with Crippen LogP contribution in [-0.2, 0) is 11.3 Å². The van der Waals surface area contributed by atoms with Gasteiger partial charge in [0.2, 0.25) is 0 Å². The standard InChI is InChI=1S/C15H25N3O3/c1-12-14(13(2)21-16-12)11-18-9-7-17(8-10-18)6-4-3-5-15(19)20/h3-11H2,1-2H3,(H,19,20). The van der Waals surface area contributed by atoms with Crippen molar-refractivity contribution >= 4 is 5.97 Å². The fourth-order valence-electron chi connectivity index (χ4n) is 2.73. The maximum atomic E-state index is 10.5. The van der Waals surface area contributed by atoms with Gasteiger partial charge in [0.15, 0.2) is 0 Å². The van der Waals surface area contributed by atoms with Gasteiger partial charge in [-0.25, -0.2) is 0 Å². The van der Waals surface area contributed by atoms with E-state index in [1.54, 1.807) is 0 Å². The molecule has 1 aromatic heterocycles. The van der Waals surface area contributed by atoms with Gasteiger partial charge in [-0.2, -0.15) is 0 Å². The number of piperazine rings is 1. The van der Waals surface area contributed by atoms with Crippen molar-refractivity contribution in [2.75, 3.05) is 32.7 Å². The number of carboxylic acids is 1. The van der Waals surface area contributed by atoms with Crippen molar-refractivity contribution < 1.29 is 14.4 Å². The molecule has 2 rings (SSSR count). The Hall–Kier alpha value is -1.40. The molecule has 1 N–H and O–H groups in total. The zero-order valence-electron chi connectivity index (χ0n) is 13.0. The molecule has 6 heteroatoms. The molecule has 0 atom stereocenters. The molecular formula is C15H25N3O3. The number of aryl methyl sites for hydroxylation is 2. The Labute approximate surface area is 125 Å². The van der Waals surface area contributed by atoms with E-state index < -0.39 is 5.97 Å². The summed E-state index contributed by atoms with van der Waals surface area (Å²) in [7, 11) is 0. The smallest absolute Gasteiger partial charge is 0.303 e. The van der Waals surface area contributed by atoms with Crippen molar-refractivity contribution in [2.24, 2.45) is 0 Å². The fraction of sp³-hybridized carbons (Fsp3) is 0.733. The molecule has 1 saturated heterocycles. The summed E-state index contributed by atoms with van der Waals surface area (Å²) < 4.78 is 5.21. The van der Waals surface area contributed by atoms with Crippen LogP contribution >= 0.6 is 0 Å². The molecule has 0 spiro atoms. The average molecular weight is 295 g/mol. The summed E-state index contributed by atoms with van der Waals surface area (Å²) in [6.45, 7) is 10.1. The summed E-state index contributed by atoms with van der Waals surface area (Å²) in [5.41, 5.74) is 2.20. The Morgan fingerprint density at radius 3 is 2.43 bits per heavy atom. The van der Waals surface area contributed by atoms with Crippen LogP contribution in [0.4, 0.5) is 0 Å². The van der Waals surface area contributed by atoms with Crippen LogP contribution in [0.3, 0.4) is 0 Å². The largest absolute Gasteiger partial charge is 0.481 e. The minimum absolute atomic E-state index is 0.284. The number of rotatable bonds is 7. The molecule has 1 aliphatic heterocycles. The van der Waals surface area contributed by atoms with Crippen molar-refractivity contribution in [1.82, 2.24) is 15.0 Å². The van der Waals surface area contributed by atoms with Crippen LogP contribution in [0, 0.1) is 13.8 Å². The first-order chi connectivity index (χ1) is 10.1. The Morgan fingerprint density at radius 2 is 1.86 bits per heavy atom. The molecule has 1 aromatic rings. The summed E-state index contributed by atoms with van der Waals surface area (Å²) in [6.07, 6.45) is 2.02. The molecular weight excluding hydrogens is 270 g/mol. The molecule has 2 heterocycles. The predicted molar refractivity (Wildman–Crippen MR) is 79.2 cm³/mol. The Morgan fingerprint density at radius 1 is 1.19 bits per heavy atom. The van der Waals surface area contributed by atoms with Gasteiger partial charge < -0.3 is 14.5 Å². The Balaban J connectivity index is 1.67. The van der Waals surface area contributed by atoms with Crippen LogP contribution in [0.1, 0.15) is 36.3 Å². The van der Waals surface area contributed by atoms with Crippen LogP contribution in [-0.4, -0.2) is 58.8 Å². The van der Waals surface area contributed by atoms with Crippen molar-refractivity contribution in [2.45, 2.75) is 39.7 Å². The van der Waals surface area contributed by atoms with Gasteiger partial charge in [-0.3, -0.25) is 9.69 Å². The van der Waals surface area contributed by atoms with E-state index in [4.69, 9.17) is 9.63 Å². The van der Waals surface area contributed by atoms with Gasteiger partial charge in [0.1, 0.15) is 5.76 Å². The molecule has 0 saturated carbocycles. The zero-order chi connectivity index (χ0) is 15.2. The van der Waals surface area contributed by atoms with Crippen LogP contribution in [0.25, 0.3) is 0 Å². The summed E-state index contributed by atoms with van der Waals surface area (Å²) >= 11 is 0. The highest BCUT2D eigenvalue weighted by atomic mass is 16.5. The average Bonchev–Trinajstić information content (AvgIpc) is 2.77. The molecule has 0 bridgehead atoms. The number of aromatic nitrogens is 1. The number of aliphatic carboxylic acids is 1. The van der Waals surface area contributed by atoms with Crippen LogP contribution in [0.15, 0.2) is 4.52 Å². The van der Waals surface area contributed by atoms with E-state index in [9.17, 15) is 4.79 Å². The summed E-state index contributed by atoms with van der Waals surface area (Å²) in [5.74, 6) is 0.225. The van der Waals surface area contributed by atoms with E-state index >= 15 is 0 Å². The third kappa shape index (κ3) is 4.82. The molecule has 6 nitrogen and oxygen atoms in total. The fourth-order valence-corrected chi connectivity index (χ4v) is 2.73. The first-order valence-electron chi connectivity index (χ1n) is 7.64. The third-order valence-corrected chi connectivity index (χ3v) is 4.14. The normalized spacial score (nSPS) is 17.2. The zero-order valence-corrected chi connectivity index (χ0v) is 13.0. The lowest BCUT2D eigenvalue weighted by molar-refractivity contribution is -0.137. The monoisotopic (exact) mass is 295 g/mol. The van der Waals surface area contributed by atoms with Crippen molar-refractivity contribution in [3.63, 3.8) is 0 Å². The van der Waals surface area contributed by atoms with E-state index in [0.29, 0.717) is 0 Å². The minimum atomic E-state index is -0.695. The maximum absolute atomic E-state index is 10.5. The first-order valence-corrected chi connectivity index (χ1v) is 7.64. The molecule has 118 valence electrons. The highest BCUT2D eigenvalue weighted by molar-refractivity contribution is 5.66. The van der Waals surface area contributed by atoms with E-state index in [-0.39, 0.29) is 6.42 Å². The molecule has 0 aromatic carbocycles. The number of carbonyl (C=O) groups is 1. The van der Waals surface area contributed by atoms with E-state index in [0.717, 1.165) is 63.6 Å². The van der Waals surface area contributed by atoms with Gasteiger partial charge >= 0.3 is 5.97 Å². The highest BCUT2D eigenvalue weighted by Gasteiger charge is 2.19. The molecule has 21 heavy (non-hydrogen) atoms. The lowest BCUT2D eigenvalue weighted by Gasteiger charge is -2.34. The summed E-state index contributed by atoms with van der Waals surface area (Å²) in [5, 5.41) is 12.6. The first kappa shape index (κ1) is 16.0. The van der Waals surface area contributed by atoms with Gasteiger partial charge in [0.05, 0.1) is 5.69 Å². The Kier molecular flexibility index (Phi) is 5.76. The van der Waals surface area contributed by atoms with Crippen molar-refractivity contribution in [3.05, 3.63) is 17.0 Å². The summed E-state index contributed by atoms with van der Waals surface area (Å²) in [4.78, 5) is 15.3. The quantitative estimate of drug-likeness (QED) is 0.772. The molecule has 1 fully saturated rings. The number of carboxylic acid groups (broad SMARTS) is 1. The van der Waals surface area contributed by atoms with Gasteiger partial charge in [-0.05, 0) is 33.2 Å². The molecule has 1 aliphatic rings. The van der Waals surface area contributed by atoms with E-state index in [2.05, 4.69) is 15.0 Å². The lowest BCUT2D eigenvalue weighted by atomic mass is 10.1. The van der Waals surface area contributed by atoms with E-state index in [1.807, 2.05) is 13.8 Å². The van der Waals surface area contributed by atoms with Crippen LogP contribution in [0.5, 0.6) is 0 Å². The predicted octanol–water partition coefficient (Wildman–Crippen LogP) is 1.66. The molecule has 0 radical (unpaired) electrons. The van der Waals surface area contributed by atoms with E-state index in [1.165, 1.54) is 5.56 Å². The number of nitrogens with zero attached hydrogens (tertiary/aromatic N) is 3. The van der Waals surface area contributed by atoms with Crippen molar-refractivity contribution in [3.8, 4) is 0 Å². The van der Waals surface area contributed by atoms with Gasteiger partial charge in [-0.1, -0.05) is 5.16 Å². The number of unbranched alkanes of at least 4 members (excludes halogenated alkanes) is 1. The third-order valence-electron chi connectivity index (χ3n) is 4.14. The molecule has 0 unspecified atom stereocenters. The van der Waals surface area contributed by atoms with Gasteiger partial charge in [-0.15, -0.1) is 0 Å². The van der Waals surface area contributed by atoms with Crippen molar-refractivity contribution in [1.29, 1.82) is 0 Å². The van der Waals surface area contributed by atoms with Gasteiger partial charge in [0, 0.05) is 44.7 Å². The minimum Gasteiger partial charge on any atom is -0.481 e.